The predicted octanol–water partition coefficient (Wildman–Crippen LogP) is 3.39. The highest BCUT2D eigenvalue weighted by molar-refractivity contribution is 7.15. The second-order valence-electron chi connectivity index (χ2n) is 5.75. The summed E-state index contributed by atoms with van der Waals surface area (Å²) in [5.74, 6) is 0.121. The molecule has 2 aromatic heterocycles. The van der Waals surface area contributed by atoms with Crippen molar-refractivity contribution in [2.24, 2.45) is 0 Å². The second-order valence-corrected chi connectivity index (χ2v) is 6.81. The van der Waals surface area contributed by atoms with Crippen LogP contribution in [0.25, 0.3) is 11.0 Å². The van der Waals surface area contributed by atoms with Crippen LogP contribution in [0.15, 0.2) is 39.5 Å². The zero-order chi connectivity index (χ0) is 18.4. The van der Waals surface area contributed by atoms with Crippen LogP contribution in [0.5, 0.6) is 5.75 Å². The topological polar surface area (TPSA) is 94.3 Å². The molecule has 0 aliphatic carbocycles. The zero-order valence-corrected chi connectivity index (χ0v) is 15.2. The van der Waals surface area contributed by atoms with Crippen LogP contribution < -0.4 is 15.7 Å². The average molecular weight is 373 g/mol. The van der Waals surface area contributed by atoms with Gasteiger partial charge in [0.15, 0.2) is 6.61 Å². The van der Waals surface area contributed by atoms with Crippen LogP contribution in [0.3, 0.4) is 0 Å². The van der Waals surface area contributed by atoms with Gasteiger partial charge in [-0.25, -0.2) is 4.79 Å². The molecular formula is C18H19N3O4S. The van der Waals surface area contributed by atoms with Crippen LogP contribution in [0.4, 0.5) is 5.13 Å². The molecule has 0 saturated heterocycles. The summed E-state index contributed by atoms with van der Waals surface area (Å²) in [6.07, 6.45) is 4.25. The Morgan fingerprint density at radius 1 is 1.23 bits per heavy atom. The van der Waals surface area contributed by atoms with Crippen molar-refractivity contribution in [3.05, 3.63) is 45.8 Å². The van der Waals surface area contributed by atoms with Gasteiger partial charge in [0.2, 0.25) is 5.13 Å². The molecule has 136 valence electrons. The molecule has 0 bridgehead atoms. The first-order valence-electron chi connectivity index (χ1n) is 8.43. The van der Waals surface area contributed by atoms with E-state index < -0.39 is 5.63 Å². The Morgan fingerprint density at radius 2 is 2.08 bits per heavy atom. The summed E-state index contributed by atoms with van der Waals surface area (Å²) in [5, 5.41) is 12.9. The first-order valence-corrected chi connectivity index (χ1v) is 9.24. The molecule has 26 heavy (non-hydrogen) atoms. The minimum atomic E-state index is -0.432. The monoisotopic (exact) mass is 373 g/mol. The molecule has 1 amide bonds. The third kappa shape index (κ3) is 4.89. The van der Waals surface area contributed by atoms with E-state index in [4.69, 9.17) is 9.15 Å². The Bertz CT molecular complexity index is 951. The van der Waals surface area contributed by atoms with Gasteiger partial charge in [0.1, 0.15) is 16.3 Å². The normalized spacial score (nSPS) is 10.8. The van der Waals surface area contributed by atoms with Crippen molar-refractivity contribution in [2.75, 3.05) is 11.9 Å². The highest BCUT2D eigenvalue weighted by Crippen LogP contribution is 2.20. The summed E-state index contributed by atoms with van der Waals surface area (Å²) in [4.78, 5) is 23.3. The van der Waals surface area contributed by atoms with Crippen LogP contribution >= 0.6 is 11.3 Å². The van der Waals surface area contributed by atoms with E-state index >= 15 is 0 Å². The Labute approximate surface area is 154 Å². The number of carbonyl (C=O) groups excluding carboxylic acids is 1. The van der Waals surface area contributed by atoms with Crippen molar-refractivity contribution in [1.82, 2.24) is 10.2 Å². The van der Waals surface area contributed by atoms with E-state index in [2.05, 4.69) is 22.4 Å². The molecule has 8 heteroatoms. The predicted molar refractivity (Wildman–Crippen MR) is 99.7 cm³/mol. The molecule has 0 unspecified atom stereocenters. The molecule has 3 aromatic rings. The largest absolute Gasteiger partial charge is 0.484 e. The summed E-state index contributed by atoms with van der Waals surface area (Å²) >= 11 is 1.38. The molecule has 0 atom stereocenters. The number of rotatable bonds is 8. The van der Waals surface area contributed by atoms with Gasteiger partial charge in [-0.05, 0) is 24.6 Å². The van der Waals surface area contributed by atoms with Gasteiger partial charge in [-0.15, -0.1) is 10.2 Å². The fourth-order valence-corrected chi connectivity index (χ4v) is 3.16. The third-order valence-electron chi connectivity index (χ3n) is 3.67. The molecule has 0 saturated carbocycles. The molecule has 0 radical (unpaired) electrons. The van der Waals surface area contributed by atoms with E-state index in [9.17, 15) is 9.59 Å². The zero-order valence-electron chi connectivity index (χ0n) is 14.4. The number of hydrogen-bond acceptors (Lipinski definition) is 7. The summed E-state index contributed by atoms with van der Waals surface area (Å²) in [5.41, 5.74) is -0.0188. The molecule has 2 heterocycles. The number of aromatic nitrogens is 2. The van der Waals surface area contributed by atoms with Crippen LogP contribution in [0.2, 0.25) is 0 Å². The Kier molecular flexibility index (Phi) is 5.96. The SMILES string of the molecule is CCCCCc1nnc(NC(=O)COc2ccc3ccc(=O)oc3c2)s1. The number of nitrogens with zero attached hydrogens (tertiary/aromatic N) is 2. The summed E-state index contributed by atoms with van der Waals surface area (Å²) in [7, 11) is 0. The van der Waals surface area contributed by atoms with E-state index in [-0.39, 0.29) is 12.5 Å². The summed E-state index contributed by atoms with van der Waals surface area (Å²) in [6, 6.07) is 8.09. The molecule has 0 aliphatic heterocycles. The number of nitrogens with one attached hydrogen (secondary N) is 1. The maximum Gasteiger partial charge on any atom is 0.336 e. The number of unbranched alkanes of at least 4 members (excludes halogenated alkanes) is 2. The minimum absolute atomic E-state index is 0.173. The molecule has 1 N–H and O–H groups in total. The molecule has 0 aliphatic rings. The Hall–Kier alpha value is -2.74. The van der Waals surface area contributed by atoms with Crippen molar-refractivity contribution >= 4 is 33.3 Å². The van der Waals surface area contributed by atoms with E-state index in [1.165, 1.54) is 17.4 Å². The number of fused-ring (bicyclic) bond motifs is 1. The van der Waals surface area contributed by atoms with Crippen molar-refractivity contribution in [2.45, 2.75) is 32.6 Å². The number of carbonyl (C=O) groups is 1. The standard InChI is InChI=1S/C18H19N3O4S/c1-2-3-4-5-16-20-21-18(26-16)19-15(22)11-24-13-8-6-12-7-9-17(23)25-14(12)10-13/h6-10H,2-5,11H2,1H3,(H,19,21,22). The number of anilines is 1. The lowest BCUT2D eigenvalue weighted by Crippen LogP contribution is -2.20. The molecule has 7 nitrogen and oxygen atoms in total. The lowest BCUT2D eigenvalue weighted by Gasteiger charge is -2.06. The van der Waals surface area contributed by atoms with Crippen LogP contribution in [-0.4, -0.2) is 22.7 Å². The fraction of sp³-hybridized carbons (Fsp3) is 0.333. The lowest BCUT2D eigenvalue weighted by atomic mass is 10.2. The van der Waals surface area contributed by atoms with Gasteiger partial charge in [-0.1, -0.05) is 31.1 Å². The van der Waals surface area contributed by atoms with Gasteiger partial charge in [0, 0.05) is 23.9 Å². The van der Waals surface area contributed by atoms with Gasteiger partial charge in [-0.3, -0.25) is 10.1 Å². The second kappa shape index (κ2) is 8.57. The maximum absolute atomic E-state index is 12.0. The number of benzene rings is 1. The smallest absolute Gasteiger partial charge is 0.336 e. The van der Waals surface area contributed by atoms with Gasteiger partial charge < -0.3 is 9.15 Å². The van der Waals surface area contributed by atoms with E-state index in [0.717, 1.165) is 36.1 Å². The van der Waals surface area contributed by atoms with Gasteiger partial charge in [0.25, 0.3) is 5.91 Å². The molecular weight excluding hydrogens is 354 g/mol. The van der Waals surface area contributed by atoms with E-state index in [1.54, 1.807) is 24.3 Å². The highest BCUT2D eigenvalue weighted by atomic mass is 32.1. The first-order chi connectivity index (χ1) is 12.6. The van der Waals surface area contributed by atoms with Crippen molar-refractivity contribution < 1.29 is 13.9 Å². The highest BCUT2D eigenvalue weighted by Gasteiger charge is 2.09. The lowest BCUT2D eigenvalue weighted by molar-refractivity contribution is -0.118. The van der Waals surface area contributed by atoms with Gasteiger partial charge >= 0.3 is 5.63 Å². The molecule has 0 spiro atoms. The average Bonchev–Trinajstić information content (AvgIpc) is 3.07. The summed E-state index contributed by atoms with van der Waals surface area (Å²) in [6.45, 7) is 1.97. The van der Waals surface area contributed by atoms with E-state index in [1.807, 2.05) is 0 Å². The minimum Gasteiger partial charge on any atom is -0.484 e. The number of amides is 1. The van der Waals surface area contributed by atoms with Crippen LogP contribution in [0, 0.1) is 0 Å². The number of ether oxygens (including phenoxy) is 1. The number of hydrogen-bond donors (Lipinski definition) is 1. The third-order valence-corrected chi connectivity index (χ3v) is 4.57. The van der Waals surface area contributed by atoms with Crippen molar-refractivity contribution in [3.63, 3.8) is 0 Å². The first kappa shape index (κ1) is 18.1. The van der Waals surface area contributed by atoms with Crippen molar-refractivity contribution in [1.29, 1.82) is 0 Å². The van der Waals surface area contributed by atoms with Crippen molar-refractivity contribution in [3.8, 4) is 5.75 Å². The number of aryl methyl sites for hydroxylation is 1. The summed E-state index contributed by atoms with van der Waals surface area (Å²) < 4.78 is 10.6. The molecule has 1 aromatic carbocycles. The Morgan fingerprint density at radius 3 is 2.92 bits per heavy atom. The van der Waals surface area contributed by atoms with Gasteiger partial charge in [0.05, 0.1) is 0 Å². The molecule has 0 fully saturated rings. The quantitative estimate of drug-likeness (QED) is 0.480. The van der Waals surface area contributed by atoms with Gasteiger partial charge in [-0.2, -0.15) is 0 Å². The fourth-order valence-electron chi connectivity index (χ4n) is 2.37. The van der Waals surface area contributed by atoms with E-state index in [0.29, 0.717) is 16.5 Å². The van der Waals surface area contributed by atoms with Crippen LogP contribution in [0.1, 0.15) is 31.2 Å². The van der Waals surface area contributed by atoms with Crippen LogP contribution in [-0.2, 0) is 11.2 Å². The molecule has 3 rings (SSSR count). The Balaban J connectivity index is 1.53. The maximum atomic E-state index is 12.0.